The number of benzene rings is 3. The Hall–Kier alpha value is -3.07. The van der Waals surface area contributed by atoms with E-state index >= 15 is 0 Å². The summed E-state index contributed by atoms with van der Waals surface area (Å²) in [6, 6.07) is 21.4. The molecule has 0 bridgehead atoms. The number of hydrogen-bond donors (Lipinski definition) is 0. The Balaban J connectivity index is 1.71. The number of para-hydroxylation sites is 1. The molecular weight excluding hydrogens is 324 g/mol. The molecule has 1 aliphatic carbocycles. The fraction of sp³-hybridized carbons (Fsp3) is 0.174. The zero-order valence-corrected chi connectivity index (χ0v) is 14.7. The van der Waals surface area contributed by atoms with Gasteiger partial charge in [0.1, 0.15) is 17.2 Å². The second-order valence-electron chi connectivity index (χ2n) is 6.39. The van der Waals surface area contributed by atoms with Gasteiger partial charge < -0.3 is 9.47 Å². The third kappa shape index (κ3) is 3.08. The van der Waals surface area contributed by atoms with Crippen molar-refractivity contribution < 1.29 is 14.3 Å². The number of Topliss-reactive ketones (excluding diaryl/α,β-unsaturated/α-hetero) is 1. The zero-order chi connectivity index (χ0) is 17.9. The zero-order valence-electron chi connectivity index (χ0n) is 14.7. The van der Waals surface area contributed by atoms with E-state index in [4.69, 9.17) is 9.47 Å². The van der Waals surface area contributed by atoms with Gasteiger partial charge in [0.25, 0.3) is 0 Å². The van der Waals surface area contributed by atoms with Crippen molar-refractivity contribution in [2.75, 3.05) is 7.11 Å². The summed E-state index contributed by atoms with van der Waals surface area (Å²) in [5.74, 6) is 2.61. The maximum atomic E-state index is 12.3. The molecule has 0 fully saturated rings. The molecular formula is C23H20O3. The summed E-state index contributed by atoms with van der Waals surface area (Å²) in [4.78, 5) is 12.3. The molecule has 0 aromatic heterocycles. The van der Waals surface area contributed by atoms with Gasteiger partial charge in [-0.15, -0.1) is 0 Å². The van der Waals surface area contributed by atoms with Crippen molar-refractivity contribution in [1.82, 2.24) is 0 Å². The average Bonchev–Trinajstić information content (AvgIpc) is 2.69. The molecule has 0 heterocycles. The van der Waals surface area contributed by atoms with Crippen LogP contribution in [0.25, 0.3) is 11.1 Å². The first-order valence-electron chi connectivity index (χ1n) is 8.82. The van der Waals surface area contributed by atoms with E-state index in [2.05, 4.69) is 0 Å². The van der Waals surface area contributed by atoms with Gasteiger partial charge in [0, 0.05) is 17.5 Å². The normalized spacial score (nSPS) is 13.2. The summed E-state index contributed by atoms with van der Waals surface area (Å²) in [5, 5.41) is 0. The van der Waals surface area contributed by atoms with Gasteiger partial charge >= 0.3 is 0 Å². The van der Waals surface area contributed by atoms with E-state index < -0.39 is 0 Å². The van der Waals surface area contributed by atoms with Crippen LogP contribution in [0, 0.1) is 0 Å². The molecule has 0 N–H and O–H groups in total. The predicted octanol–water partition coefficient (Wildman–Crippen LogP) is 5.67. The minimum absolute atomic E-state index is 0.221. The van der Waals surface area contributed by atoms with E-state index in [1.807, 2.05) is 66.7 Å². The summed E-state index contributed by atoms with van der Waals surface area (Å²) in [6.07, 6.45) is 2.42. The van der Waals surface area contributed by atoms with Gasteiger partial charge in [-0.05, 0) is 60.4 Å². The summed E-state index contributed by atoms with van der Waals surface area (Å²) < 4.78 is 11.5. The summed E-state index contributed by atoms with van der Waals surface area (Å²) in [7, 11) is 1.67. The van der Waals surface area contributed by atoms with Crippen LogP contribution in [0.15, 0.2) is 66.7 Å². The SMILES string of the molecule is COc1ccc2c(c1-c1ccc(Oc3ccccc3)cc1)CCCC2=O. The molecule has 0 radical (unpaired) electrons. The van der Waals surface area contributed by atoms with Crippen LogP contribution in [0.2, 0.25) is 0 Å². The molecule has 0 saturated heterocycles. The molecule has 3 aromatic carbocycles. The van der Waals surface area contributed by atoms with E-state index in [9.17, 15) is 4.79 Å². The van der Waals surface area contributed by atoms with Crippen LogP contribution in [0.1, 0.15) is 28.8 Å². The van der Waals surface area contributed by atoms with Crippen LogP contribution in [0.4, 0.5) is 0 Å². The highest BCUT2D eigenvalue weighted by Gasteiger charge is 2.23. The topological polar surface area (TPSA) is 35.5 Å². The van der Waals surface area contributed by atoms with Gasteiger partial charge in [0.05, 0.1) is 7.11 Å². The molecule has 0 amide bonds. The maximum absolute atomic E-state index is 12.3. The minimum atomic E-state index is 0.221. The van der Waals surface area contributed by atoms with Crippen LogP contribution in [-0.4, -0.2) is 12.9 Å². The van der Waals surface area contributed by atoms with Crippen molar-refractivity contribution in [2.24, 2.45) is 0 Å². The molecule has 1 aliphatic rings. The van der Waals surface area contributed by atoms with Crippen LogP contribution in [0.5, 0.6) is 17.2 Å². The first-order chi connectivity index (χ1) is 12.8. The van der Waals surface area contributed by atoms with Gasteiger partial charge in [0.15, 0.2) is 5.78 Å². The van der Waals surface area contributed by atoms with Crippen LogP contribution in [0.3, 0.4) is 0 Å². The number of ether oxygens (including phenoxy) is 2. The standard InChI is InChI=1S/C23H20O3/c1-25-22-15-14-19-20(8-5-9-21(19)24)23(22)16-10-12-18(13-11-16)26-17-6-3-2-4-7-17/h2-4,6-7,10-15H,5,8-9H2,1H3. The Morgan fingerprint density at radius 3 is 2.27 bits per heavy atom. The highest BCUT2D eigenvalue weighted by atomic mass is 16.5. The number of carbonyl (C=O) groups excluding carboxylic acids is 1. The van der Waals surface area contributed by atoms with E-state index in [1.165, 1.54) is 0 Å². The average molecular weight is 344 g/mol. The van der Waals surface area contributed by atoms with Gasteiger partial charge in [-0.25, -0.2) is 0 Å². The molecule has 3 heteroatoms. The van der Waals surface area contributed by atoms with Crippen LogP contribution < -0.4 is 9.47 Å². The Morgan fingerprint density at radius 2 is 1.54 bits per heavy atom. The van der Waals surface area contributed by atoms with Crippen LogP contribution >= 0.6 is 0 Å². The lowest BCUT2D eigenvalue weighted by Crippen LogP contribution is -2.12. The monoisotopic (exact) mass is 344 g/mol. The van der Waals surface area contributed by atoms with E-state index in [0.29, 0.717) is 6.42 Å². The van der Waals surface area contributed by atoms with Gasteiger partial charge in [0.2, 0.25) is 0 Å². The van der Waals surface area contributed by atoms with Crippen molar-refractivity contribution in [3.05, 3.63) is 77.9 Å². The number of fused-ring (bicyclic) bond motifs is 1. The molecule has 3 nitrogen and oxygen atoms in total. The van der Waals surface area contributed by atoms with Crippen molar-refractivity contribution in [1.29, 1.82) is 0 Å². The number of ketones is 1. The fourth-order valence-corrected chi connectivity index (χ4v) is 3.51. The van der Waals surface area contributed by atoms with E-state index in [-0.39, 0.29) is 5.78 Å². The third-order valence-electron chi connectivity index (χ3n) is 4.75. The first kappa shape index (κ1) is 16.4. The molecule has 0 spiro atoms. The van der Waals surface area contributed by atoms with E-state index in [0.717, 1.165) is 52.3 Å². The molecule has 26 heavy (non-hydrogen) atoms. The van der Waals surface area contributed by atoms with Gasteiger partial charge in [-0.1, -0.05) is 30.3 Å². The third-order valence-corrected chi connectivity index (χ3v) is 4.75. The number of rotatable bonds is 4. The number of hydrogen-bond acceptors (Lipinski definition) is 3. The smallest absolute Gasteiger partial charge is 0.163 e. The highest BCUT2D eigenvalue weighted by Crippen LogP contribution is 2.39. The minimum Gasteiger partial charge on any atom is -0.496 e. The van der Waals surface area contributed by atoms with E-state index in [1.54, 1.807) is 7.11 Å². The summed E-state index contributed by atoms with van der Waals surface area (Å²) in [5.41, 5.74) is 3.98. The summed E-state index contributed by atoms with van der Waals surface area (Å²) in [6.45, 7) is 0. The Bertz CT molecular complexity index is 928. The Kier molecular flexibility index (Phi) is 4.44. The van der Waals surface area contributed by atoms with Gasteiger partial charge in [-0.2, -0.15) is 0 Å². The van der Waals surface area contributed by atoms with Crippen molar-refractivity contribution >= 4 is 5.78 Å². The lowest BCUT2D eigenvalue weighted by Gasteiger charge is -2.21. The number of methoxy groups -OCH3 is 1. The maximum Gasteiger partial charge on any atom is 0.163 e. The molecule has 3 aromatic rings. The fourth-order valence-electron chi connectivity index (χ4n) is 3.51. The molecule has 0 saturated carbocycles. The second-order valence-corrected chi connectivity index (χ2v) is 6.39. The number of carbonyl (C=O) groups is 1. The molecule has 0 unspecified atom stereocenters. The molecule has 4 rings (SSSR count). The largest absolute Gasteiger partial charge is 0.496 e. The van der Waals surface area contributed by atoms with Crippen molar-refractivity contribution in [3.8, 4) is 28.4 Å². The lowest BCUT2D eigenvalue weighted by molar-refractivity contribution is 0.0972. The predicted molar refractivity (Wildman–Crippen MR) is 102 cm³/mol. The Labute approximate surface area is 153 Å². The summed E-state index contributed by atoms with van der Waals surface area (Å²) >= 11 is 0. The molecule has 0 aliphatic heterocycles. The van der Waals surface area contributed by atoms with Gasteiger partial charge in [-0.3, -0.25) is 4.79 Å². The highest BCUT2D eigenvalue weighted by molar-refractivity contribution is 6.01. The second kappa shape index (κ2) is 7.04. The van der Waals surface area contributed by atoms with Crippen LogP contribution in [-0.2, 0) is 6.42 Å². The lowest BCUT2D eigenvalue weighted by atomic mass is 9.84. The molecule has 0 atom stereocenters. The first-order valence-corrected chi connectivity index (χ1v) is 8.82. The Morgan fingerprint density at radius 1 is 0.808 bits per heavy atom. The van der Waals surface area contributed by atoms with Crippen molar-refractivity contribution in [2.45, 2.75) is 19.3 Å². The quantitative estimate of drug-likeness (QED) is 0.611. The van der Waals surface area contributed by atoms with Crippen molar-refractivity contribution in [3.63, 3.8) is 0 Å². The molecule has 130 valence electrons.